The van der Waals surface area contributed by atoms with Crippen molar-refractivity contribution in [2.75, 3.05) is 18.1 Å². The van der Waals surface area contributed by atoms with Crippen molar-refractivity contribution in [3.8, 4) is 0 Å². The van der Waals surface area contributed by atoms with Crippen LogP contribution in [-0.2, 0) is 9.59 Å². The molecule has 0 radical (unpaired) electrons. The molecule has 0 fully saturated rings. The Hall–Kier alpha value is -0.670. The minimum absolute atomic E-state index is 0.0687. The molecule has 8 heteroatoms. The third kappa shape index (κ3) is 6.59. The first-order valence-electron chi connectivity index (χ1n) is 4.96. The number of ketones is 1. The summed E-state index contributed by atoms with van der Waals surface area (Å²) in [4.78, 5) is 21.2. The normalized spacial score (nSPS) is 16.2. The van der Waals surface area contributed by atoms with Crippen molar-refractivity contribution >= 4 is 23.5 Å². The molecule has 3 atom stereocenters. The first-order chi connectivity index (χ1) is 7.90. The molecule has 0 saturated carbocycles. The summed E-state index contributed by atoms with van der Waals surface area (Å²) in [5.74, 6) is -1.48. The molecule has 17 heavy (non-hydrogen) atoms. The van der Waals surface area contributed by atoms with Crippen LogP contribution in [0.5, 0.6) is 0 Å². The average Bonchev–Trinajstić information content (AvgIpc) is 2.31. The molecule has 0 aliphatic rings. The van der Waals surface area contributed by atoms with Gasteiger partial charge in [0.25, 0.3) is 0 Å². The van der Waals surface area contributed by atoms with Gasteiger partial charge in [-0.3, -0.25) is 9.59 Å². The van der Waals surface area contributed by atoms with E-state index >= 15 is 0 Å². The minimum atomic E-state index is -1.61. The second-order valence-electron chi connectivity index (χ2n) is 3.44. The molecule has 7 nitrogen and oxygen atoms in total. The second-order valence-corrected chi connectivity index (χ2v) is 4.59. The van der Waals surface area contributed by atoms with E-state index in [2.05, 4.69) is 0 Å². The molecule has 0 spiro atoms. The Morgan fingerprint density at radius 1 is 1.29 bits per heavy atom. The van der Waals surface area contributed by atoms with Crippen molar-refractivity contribution in [1.82, 2.24) is 0 Å². The fraction of sp³-hybridized carbons (Fsp3) is 0.778. The maximum Gasteiger partial charge on any atom is 0.320 e. The van der Waals surface area contributed by atoms with Gasteiger partial charge in [-0.2, -0.15) is 11.8 Å². The topological polar surface area (TPSA) is 141 Å². The van der Waals surface area contributed by atoms with Gasteiger partial charge in [0, 0.05) is 5.75 Å². The van der Waals surface area contributed by atoms with E-state index < -0.39 is 36.6 Å². The summed E-state index contributed by atoms with van der Waals surface area (Å²) in [5.41, 5.74) is 5.25. The van der Waals surface area contributed by atoms with E-state index in [-0.39, 0.29) is 12.2 Å². The Morgan fingerprint density at radius 3 is 2.35 bits per heavy atom. The number of carbonyl (C=O) groups is 2. The van der Waals surface area contributed by atoms with Gasteiger partial charge >= 0.3 is 5.97 Å². The number of aliphatic carboxylic acids is 1. The molecule has 0 aromatic rings. The van der Waals surface area contributed by atoms with Crippen molar-refractivity contribution in [2.45, 2.75) is 24.7 Å². The fourth-order valence-corrected chi connectivity index (χ4v) is 1.95. The van der Waals surface area contributed by atoms with Crippen LogP contribution in [0.15, 0.2) is 0 Å². The Kier molecular flexibility index (Phi) is 8.09. The number of carboxylic acids is 1. The molecule has 0 saturated heterocycles. The highest BCUT2D eigenvalue weighted by Crippen LogP contribution is 2.09. The molecule has 0 bridgehead atoms. The first-order valence-corrected chi connectivity index (χ1v) is 6.11. The summed E-state index contributed by atoms with van der Waals surface area (Å²) in [5, 5.41) is 35.5. The van der Waals surface area contributed by atoms with Gasteiger partial charge in [0.05, 0.1) is 6.10 Å². The van der Waals surface area contributed by atoms with E-state index in [1.807, 2.05) is 0 Å². The summed E-state index contributed by atoms with van der Waals surface area (Å²) in [6.45, 7) is -0.827. The molecule has 6 N–H and O–H groups in total. The predicted molar refractivity (Wildman–Crippen MR) is 61.7 cm³/mol. The molecular formula is C9H17NO6S. The van der Waals surface area contributed by atoms with E-state index in [4.69, 9.17) is 15.9 Å². The number of hydrogen-bond donors (Lipinski definition) is 5. The molecule has 0 aliphatic heterocycles. The number of rotatable bonds is 9. The van der Waals surface area contributed by atoms with Gasteiger partial charge in [0.15, 0.2) is 5.78 Å². The lowest BCUT2D eigenvalue weighted by Crippen LogP contribution is -2.37. The maximum absolute atomic E-state index is 10.8. The lowest BCUT2D eigenvalue weighted by Gasteiger charge is -2.15. The van der Waals surface area contributed by atoms with Crippen LogP contribution in [0, 0.1) is 0 Å². The number of hydrogen-bond acceptors (Lipinski definition) is 7. The van der Waals surface area contributed by atoms with E-state index in [0.29, 0.717) is 5.75 Å². The van der Waals surface area contributed by atoms with Gasteiger partial charge in [0.1, 0.15) is 18.8 Å². The lowest BCUT2D eigenvalue weighted by atomic mass is 10.1. The Bertz CT molecular complexity index is 262. The zero-order valence-electron chi connectivity index (χ0n) is 9.15. The van der Waals surface area contributed by atoms with Crippen LogP contribution < -0.4 is 5.73 Å². The fourth-order valence-electron chi connectivity index (χ4n) is 0.937. The van der Waals surface area contributed by atoms with E-state index in [1.165, 1.54) is 11.8 Å². The Morgan fingerprint density at radius 2 is 1.88 bits per heavy atom. The lowest BCUT2D eigenvalue weighted by molar-refractivity contribution is -0.138. The van der Waals surface area contributed by atoms with Crippen LogP contribution in [-0.4, -0.2) is 68.5 Å². The van der Waals surface area contributed by atoms with Gasteiger partial charge in [-0.15, -0.1) is 0 Å². The largest absolute Gasteiger partial charge is 0.480 e. The van der Waals surface area contributed by atoms with Gasteiger partial charge < -0.3 is 26.2 Å². The monoisotopic (exact) mass is 267 g/mol. The molecule has 0 rings (SSSR count). The van der Waals surface area contributed by atoms with Crippen molar-refractivity contribution in [2.24, 2.45) is 5.73 Å². The predicted octanol–water partition coefficient (Wildman–Crippen LogP) is -2.20. The van der Waals surface area contributed by atoms with Gasteiger partial charge in [-0.25, -0.2) is 0 Å². The van der Waals surface area contributed by atoms with Crippen molar-refractivity contribution in [3.63, 3.8) is 0 Å². The van der Waals surface area contributed by atoms with E-state index in [0.717, 1.165) is 0 Å². The number of aliphatic hydroxyl groups excluding tert-OH is 3. The van der Waals surface area contributed by atoms with Crippen LogP contribution in [0.3, 0.4) is 0 Å². The van der Waals surface area contributed by atoms with Gasteiger partial charge in [-0.1, -0.05) is 0 Å². The molecule has 0 aromatic heterocycles. The van der Waals surface area contributed by atoms with Crippen LogP contribution in [0.25, 0.3) is 0 Å². The SMILES string of the molecule is N[C@@H](CCSC[C@H](O)[C@H](O)C(=O)CO)C(=O)O. The Balaban J connectivity index is 3.75. The smallest absolute Gasteiger partial charge is 0.320 e. The molecule has 0 unspecified atom stereocenters. The number of aliphatic hydroxyl groups is 3. The summed E-state index contributed by atoms with van der Waals surface area (Å²) < 4.78 is 0. The first kappa shape index (κ1) is 16.3. The third-order valence-corrected chi connectivity index (χ3v) is 3.13. The highest BCUT2D eigenvalue weighted by atomic mass is 32.2. The molecule has 0 heterocycles. The number of Topliss-reactive ketones (excluding diaryl/α,β-unsaturated/α-hetero) is 1. The van der Waals surface area contributed by atoms with Gasteiger partial charge in [0.2, 0.25) is 0 Å². The van der Waals surface area contributed by atoms with E-state index in [9.17, 15) is 19.8 Å². The number of carboxylic acid groups (broad SMARTS) is 1. The number of nitrogens with two attached hydrogens (primary N) is 1. The molecule has 0 aromatic carbocycles. The summed E-state index contributed by atoms with van der Waals surface area (Å²) in [6.07, 6.45) is -2.65. The molecular weight excluding hydrogens is 250 g/mol. The molecule has 0 aliphatic carbocycles. The van der Waals surface area contributed by atoms with Crippen molar-refractivity contribution in [3.05, 3.63) is 0 Å². The highest BCUT2D eigenvalue weighted by molar-refractivity contribution is 7.99. The summed E-state index contributed by atoms with van der Waals surface area (Å²) >= 11 is 1.18. The second kappa shape index (κ2) is 8.43. The third-order valence-electron chi connectivity index (χ3n) is 2.03. The van der Waals surface area contributed by atoms with E-state index in [1.54, 1.807) is 0 Å². The number of carbonyl (C=O) groups excluding carboxylic acids is 1. The zero-order valence-corrected chi connectivity index (χ0v) is 9.97. The van der Waals surface area contributed by atoms with Crippen LogP contribution in [0.1, 0.15) is 6.42 Å². The zero-order chi connectivity index (χ0) is 13.4. The summed E-state index contributed by atoms with van der Waals surface area (Å²) in [7, 11) is 0. The van der Waals surface area contributed by atoms with Gasteiger partial charge in [-0.05, 0) is 12.2 Å². The molecule has 0 amide bonds. The summed E-state index contributed by atoms with van der Waals surface area (Å²) in [6, 6.07) is -0.955. The van der Waals surface area contributed by atoms with Crippen LogP contribution >= 0.6 is 11.8 Å². The number of thioether (sulfide) groups is 1. The quantitative estimate of drug-likeness (QED) is 0.296. The highest BCUT2D eigenvalue weighted by Gasteiger charge is 2.23. The standard InChI is InChI=1S/C9H17NO6S/c10-5(9(15)16)1-2-17-4-7(13)8(14)6(12)3-11/h5,7-8,11,13-14H,1-4,10H2,(H,15,16)/t5-,7-,8+/m0/s1. The van der Waals surface area contributed by atoms with Crippen LogP contribution in [0.4, 0.5) is 0 Å². The molecule has 100 valence electrons. The minimum Gasteiger partial charge on any atom is -0.480 e. The average molecular weight is 267 g/mol. The van der Waals surface area contributed by atoms with Crippen molar-refractivity contribution in [1.29, 1.82) is 0 Å². The van der Waals surface area contributed by atoms with Crippen molar-refractivity contribution < 1.29 is 30.0 Å². The van der Waals surface area contributed by atoms with Crippen LogP contribution in [0.2, 0.25) is 0 Å². The Labute approximate surface area is 103 Å². The maximum atomic E-state index is 10.8.